The van der Waals surface area contributed by atoms with Crippen LogP contribution in [-0.2, 0) is 16.0 Å². The van der Waals surface area contributed by atoms with E-state index in [1.807, 2.05) is 24.3 Å². The van der Waals surface area contributed by atoms with Crippen LogP contribution in [0.2, 0.25) is 0 Å². The van der Waals surface area contributed by atoms with E-state index in [-0.39, 0.29) is 18.2 Å². The monoisotopic (exact) mass is 230 g/mol. The van der Waals surface area contributed by atoms with Gasteiger partial charge in [0, 0.05) is 18.5 Å². The van der Waals surface area contributed by atoms with Crippen LogP contribution < -0.4 is 11.1 Å². The van der Waals surface area contributed by atoms with Gasteiger partial charge in [-0.1, -0.05) is 18.2 Å². The van der Waals surface area contributed by atoms with Gasteiger partial charge >= 0.3 is 0 Å². The van der Waals surface area contributed by atoms with Crippen molar-refractivity contribution in [2.75, 3.05) is 5.32 Å². The lowest BCUT2D eigenvalue weighted by atomic mass is 10.00. The number of nitrogens with one attached hydrogen (secondary N) is 1. The number of carbonyl (C=O) groups is 2. The van der Waals surface area contributed by atoms with Crippen molar-refractivity contribution in [1.29, 1.82) is 0 Å². The van der Waals surface area contributed by atoms with Crippen molar-refractivity contribution in [3.8, 4) is 0 Å². The van der Waals surface area contributed by atoms with Gasteiger partial charge in [-0.05, 0) is 29.7 Å². The molecule has 2 rings (SSSR count). The second-order valence-electron chi connectivity index (χ2n) is 4.04. The second kappa shape index (κ2) is 4.82. The van der Waals surface area contributed by atoms with Crippen LogP contribution in [0, 0.1) is 0 Å². The fraction of sp³-hybridized carbons (Fsp3) is 0.231. The van der Waals surface area contributed by atoms with Crippen LogP contribution in [0.5, 0.6) is 0 Å². The standard InChI is InChI=1S/C13H14N2O2/c14-12(16)3-1-2-9-4-6-11-10(8-9)5-7-13(17)15-11/h1-2,4,6,8H,3,5,7H2,(H2,14,16)(H,15,17). The summed E-state index contributed by atoms with van der Waals surface area (Å²) < 4.78 is 0. The summed E-state index contributed by atoms with van der Waals surface area (Å²) in [5, 5.41) is 2.82. The molecule has 3 N–H and O–H groups in total. The molecule has 0 bridgehead atoms. The van der Waals surface area contributed by atoms with E-state index in [1.54, 1.807) is 6.08 Å². The van der Waals surface area contributed by atoms with Gasteiger partial charge in [0.25, 0.3) is 0 Å². The van der Waals surface area contributed by atoms with Crippen LogP contribution in [-0.4, -0.2) is 11.8 Å². The Bertz CT molecular complexity index is 492. The predicted molar refractivity (Wildman–Crippen MR) is 66.2 cm³/mol. The number of primary amides is 1. The van der Waals surface area contributed by atoms with Crippen LogP contribution in [0.15, 0.2) is 24.3 Å². The minimum absolute atomic E-state index is 0.0644. The minimum atomic E-state index is -0.341. The quantitative estimate of drug-likeness (QED) is 0.825. The first kappa shape index (κ1) is 11.4. The van der Waals surface area contributed by atoms with Crippen LogP contribution in [0.3, 0.4) is 0 Å². The third-order valence-corrected chi connectivity index (χ3v) is 2.65. The van der Waals surface area contributed by atoms with Gasteiger partial charge in [-0.3, -0.25) is 9.59 Å². The highest BCUT2D eigenvalue weighted by atomic mass is 16.1. The number of benzene rings is 1. The average Bonchev–Trinajstić information content (AvgIpc) is 2.29. The molecule has 0 atom stereocenters. The Morgan fingerprint density at radius 3 is 3.00 bits per heavy atom. The number of aryl methyl sites for hydroxylation is 1. The highest BCUT2D eigenvalue weighted by Crippen LogP contribution is 2.23. The molecule has 4 nitrogen and oxygen atoms in total. The van der Waals surface area contributed by atoms with E-state index in [4.69, 9.17) is 5.73 Å². The molecular weight excluding hydrogens is 216 g/mol. The van der Waals surface area contributed by atoms with E-state index in [2.05, 4.69) is 5.32 Å². The maximum absolute atomic E-state index is 11.2. The van der Waals surface area contributed by atoms with E-state index < -0.39 is 0 Å². The molecule has 0 unspecified atom stereocenters. The Balaban J connectivity index is 2.14. The molecule has 1 aromatic rings. The highest BCUT2D eigenvalue weighted by Gasteiger charge is 2.13. The fourth-order valence-electron chi connectivity index (χ4n) is 1.82. The van der Waals surface area contributed by atoms with Gasteiger partial charge in [0.05, 0.1) is 0 Å². The zero-order valence-corrected chi connectivity index (χ0v) is 9.40. The van der Waals surface area contributed by atoms with Gasteiger partial charge in [-0.2, -0.15) is 0 Å². The van der Waals surface area contributed by atoms with Gasteiger partial charge in [0.2, 0.25) is 11.8 Å². The minimum Gasteiger partial charge on any atom is -0.369 e. The van der Waals surface area contributed by atoms with Crippen LogP contribution in [0.25, 0.3) is 6.08 Å². The van der Waals surface area contributed by atoms with Gasteiger partial charge < -0.3 is 11.1 Å². The number of anilines is 1. The number of nitrogens with two attached hydrogens (primary N) is 1. The van der Waals surface area contributed by atoms with Crippen LogP contribution in [0.4, 0.5) is 5.69 Å². The maximum Gasteiger partial charge on any atom is 0.224 e. The molecule has 1 aliphatic heterocycles. The van der Waals surface area contributed by atoms with Crippen molar-refractivity contribution in [2.24, 2.45) is 5.73 Å². The SMILES string of the molecule is NC(=O)CC=Cc1ccc2c(c1)CCC(=O)N2. The molecule has 0 aromatic heterocycles. The smallest absolute Gasteiger partial charge is 0.224 e. The Morgan fingerprint density at radius 2 is 2.24 bits per heavy atom. The third-order valence-electron chi connectivity index (χ3n) is 2.65. The van der Waals surface area contributed by atoms with Crippen molar-refractivity contribution < 1.29 is 9.59 Å². The zero-order chi connectivity index (χ0) is 12.3. The van der Waals surface area contributed by atoms with E-state index in [9.17, 15) is 9.59 Å². The third kappa shape index (κ3) is 2.93. The number of rotatable bonds is 3. The summed E-state index contributed by atoms with van der Waals surface area (Å²) in [5.74, 6) is -0.277. The molecule has 88 valence electrons. The van der Waals surface area contributed by atoms with Gasteiger partial charge in [0.1, 0.15) is 0 Å². The van der Waals surface area contributed by atoms with Gasteiger partial charge in [0.15, 0.2) is 0 Å². The van der Waals surface area contributed by atoms with Crippen molar-refractivity contribution in [3.63, 3.8) is 0 Å². The Labute approximate surface area is 99.5 Å². The van der Waals surface area contributed by atoms with Gasteiger partial charge in [-0.25, -0.2) is 0 Å². The highest BCUT2D eigenvalue weighted by molar-refractivity contribution is 5.94. The summed E-state index contributed by atoms with van der Waals surface area (Å²) in [7, 11) is 0. The molecule has 4 heteroatoms. The lowest BCUT2D eigenvalue weighted by Gasteiger charge is -2.16. The van der Waals surface area contributed by atoms with E-state index in [1.165, 1.54) is 0 Å². The number of hydrogen-bond acceptors (Lipinski definition) is 2. The first-order chi connectivity index (χ1) is 8.15. The molecule has 0 aliphatic carbocycles. The second-order valence-corrected chi connectivity index (χ2v) is 4.04. The summed E-state index contributed by atoms with van der Waals surface area (Å²) in [4.78, 5) is 21.8. The first-order valence-electron chi connectivity index (χ1n) is 5.53. The Kier molecular flexibility index (Phi) is 3.23. The number of fused-ring (bicyclic) bond motifs is 1. The molecule has 17 heavy (non-hydrogen) atoms. The Hall–Kier alpha value is -2.10. The van der Waals surface area contributed by atoms with Crippen molar-refractivity contribution in [2.45, 2.75) is 19.3 Å². The Morgan fingerprint density at radius 1 is 1.41 bits per heavy atom. The lowest BCUT2D eigenvalue weighted by molar-refractivity contribution is -0.117. The van der Waals surface area contributed by atoms with Crippen LogP contribution in [0.1, 0.15) is 24.0 Å². The summed E-state index contributed by atoms with van der Waals surface area (Å²) in [6.07, 6.45) is 5.14. The normalized spacial score (nSPS) is 14.5. The average molecular weight is 230 g/mol. The first-order valence-corrected chi connectivity index (χ1v) is 5.53. The summed E-state index contributed by atoms with van der Waals surface area (Å²) in [5.41, 5.74) is 8.07. The van der Waals surface area contributed by atoms with Crippen LogP contribution >= 0.6 is 0 Å². The summed E-state index contributed by atoms with van der Waals surface area (Å²) >= 11 is 0. The number of amides is 2. The molecule has 0 spiro atoms. The number of hydrogen-bond donors (Lipinski definition) is 2. The fourth-order valence-corrected chi connectivity index (χ4v) is 1.82. The van der Waals surface area contributed by atoms with Crippen molar-refractivity contribution >= 4 is 23.6 Å². The van der Waals surface area contributed by atoms with Crippen molar-refractivity contribution in [3.05, 3.63) is 35.4 Å². The molecule has 1 aromatic carbocycles. The van der Waals surface area contributed by atoms with Gasteiger partial charge in [-0.15, -0.1) is 0 Å². The van der Waals surface area contributed by atoms with Crippen molar-refractivity contribution in [1.82, 2.24) is 0 Å². The van der Waals surface area contributed by atoms with E-state index in [0.29, 0.717) is 6.42 Å². The summed E-state index contributed by atoms with van der Waals surface area (Å²) in [6.45, 7) is 0. The topological polar surface area (TPSA) is 72.2 Å². The maximum atomic E-state index is 11.2. The van der Waals surface area contributed by atoms with E-state index in [0.717, 1.165) is 23.2 Å². The molecule has 0 fully saturated rings. The molecule has 0 radical (unpaired) electrons. The zero-order valence-electron chi connectivity index (χ0n) is 9.40. The largest absolute Gasteiger partial charge is 0.369 e. The molecular formula is C13H14N2O2. The molecule has 1 aliphatic rings. The predicted octanol–water partition coefficient (Wildman–Crippen LogP) is 1.46. The molecule has 0 saturated heterocycles. The number of carbonyl (C=O) groups excluding carboxylic acids is 2. The lowest BCUT2D eigenvalue weighted by Crippen LogP contribution is -2.18. The van der Waals surface area contributed by atoms with E-state index >= 15 is 0 Å². The molecule has 0 saturated carbocycles. The summed E-state index contributed by atoms with van der Waals surface area (Å²) in [6, 6.07) is 5.81. The molecule has 1 heterocycles. The molecule has 2 amide bonds.